The third kappa shape index (κ3) is 4.99. The quantitative estimate of drug-likeness (QED) is 0.361. The van der Waals surface area contributed by atoms with Crippen molar-refractivity contribution >= 4 is 50.7 Å². The van der Waals surface area contributed by atoms with Crippen LogP contribution in [0.2, 0.25) is 0 Å². The summed E-state index contributed by atoms with van der Waals surface area (Å²) < 4.78 is 2.65. The Kier molecular flexibility index (Phi) is 6.50. The number of nitrogens with one attached hydrogen (secondary N) is 1. The van der Waals surface area contributed by atoms with Gasteiger partial charge in [-0.1, -0.05) is 12.1 Å². The number of anilines is 1. The average Bonchev–Trinajstić information content (AvgIpc) is 3.52. The van der Waals surface area contributed by atoms with E-state index in [1.165, 1.54) is 0 Å². The van der Waals surface area contributed by atoms with Crippen molar-refractivity contribution in [3.63, 3.8) is 0 Å². The van der Waals surface area contributed by atoms with Crippen LogP contribution in [-0.4, -0.2) is 43.5 Å². The molecule has 0 aromatic carbocycles. The zero-order valence-electron chi connectivity index (χ0n) is 17.9. The Morgan fingerprint density at radius 2 is 2.24 bits per heavy atom. The molecule has 1 unspecified atom stereocenters. The molecule has 1 N–H and O–H groups in total. The Morgan fingerprint density at radius 3 is 3.06 bits per heavy atom. The number of hydrogen-bond donors (Lipinski definition) is 1. The number of piperidine rings is 1. The summed E-state index contributed by atoms with van der Waals surface area (Å²) in [5, 5.41) is 9.95. The van der Waals surface area contributed by atoms with E-state index in [4.69, 9.17) is 4.98 Å². The fourth-order valence-corrected chi connectivity index (χ4v) is 5.02. The molecule has 1 saturated heterocycles. The molecular formula is C24H23BrN6OS. The van der Waals surface area contributed by atoms with Crippen LogP contribution in [0.25, 0.3) is 11.7 Å². The molecule has 5 rings (SSSR count). The number of carbonyl (C=O) groups excluding carboxylic acids is 1. The zero-order valence-corrected chi connectivity index (χ0v) is 20.3. The molecule has 0 aliphatic carbocycles. The number of amides is 1. The van der Waals surface area contributed by atoms with E-state index in [2.05, 4.69) is 37.4 Å². The fourth-order valence-electron chi connectivity index (χ4n) is 4.05. The van der Waals surface area contributed by atoms with Crippen molar-refractivity contribution in [3.05, 3.63) is 81.0 Å². The van der Waals surface area contributed by atoms with Crippen molar-refractivity contribution in [3.8, 4) is 0 Å². The fraction of sp³-hybridized carbons (Fsp3) is 0.250. The lowest BCUT2D eigenvalue weighted by atomic mass is 9.94. The molecule has 0 radical (unpaired) electrons. The number of halogens is 1. The van der Waals surface area contributed by atoms with Crippen LogP contribution in [0.5, 0.6) is 0 Å². The Labute approximate surface area is 204 Å². The first-order chi connectivity index (χ1) is 16.2. The lowest BCUT2D eigenvalue weighted by molar-refractivity contribution is -0.127. The summed E-state index contributed by atoms with van der Waals surface area (Å²) in [5.74, 6) is 1.09. The molecule has 33 heavy (non-hydrogen) atoms. The summed E-state index contributed by atoms with van der Waals surface area (Å²) in [6, 6.07) is 10.0. The molecule has 9 heteroatoms. The van der Waals surface area contributed by atoms with Gasteiger partial charge in [0.2, 0.25) is 5.91 Å². The first-order valence-corrected chi connectivity index (χ1v) is 12.5. The Hall–Kier alpha value is -3.04. The minimum atomic E-state index is 0.0506. The maximum Gasteiger partial charge on any atom is 0.246 e. The van der Waals surface area contributed by atoms with Gasteiger partial charge in [0.05, 0.1) is 16.4 Å². The first-order valence-electron chi connectivity index (χ1n) is 10.8. The van der Waals surface area contributed by atoms with Crippen molar-refractivity contribution in [1.29, 1.82) is 0 Å². The minimum absolute atomic E-state index is 0.0506. The minimum Gasteiger partial charge on any atom is -0.366 e. The third-order valence-electron chi connectivity index (χ3n) is 5.73. The maximum absolute atomic E-state index is 12.8. The third-order valence-corrected chi connectivity index (χ3v) is 7.13. The number of likely N-dealkylation sites (tertiary alicyclic amines) is 1. The second-order valence-electron chi connectivity index (χ2n) is 7.98. The Balaban J connectivity index is 1.37. The summed E-state index contributed by atoms with van der Waals surface area (Å²) >= 11 is 5.20. The van der Waals surface area contributed by atoms with Crippen molar-refractivity contribution in [2.24, 2.45) is 0 Å². The van der Waals surface area contributed by atoms with Crippen molar-refractivity contribution in [2.75, 3.05) is 18.4 Å². The summed E-state index contributed by atoms with van der Waals surface area (Å²) in [7, 11) is 0. The van der Waals surface area contributed by atoms with Crippen LogP contribution >= 0.6 is 27.3 Å². The number of aromatic nitrogens is 4. The summed E-state index contributed by atoms with van der Waals surface area (Å²) in [6.45, 7) is 2.06. The Bertz CT molecular complexity index is 1270. The number of hydrogen-bond acceptors (Lipinski definition) is 6. The van der Waals surface area contributed by atoms with Crippen molar-refractivity contribution in [1.82, 2.24) is 24.5 Å². The van der Waals surface area contributed by atoms with Crippen molar-refractivity contribution < 1.29 is 4.79 Å². The molecule has 0 saturated carbocycles. The largest absolute Gasteiger partial charge is 0.366 e. The zero-order chi connectivity index (χ0) is 22.6. The van der Waals surface area contributed by atoms with Gasteiger partial charge in [-0.25, -0.2) is 4.98 Å². The number of pyridine rings is 1. The van der Waals surface area contributed by atoms with Crippen LogP contribution in [0.3, 0.4) is 0 Å². The summed E-state index contributed by atoms with van der Waals surface area (Å²) in [6.07, 6.45) is 10.9. The average molecular weight is 523 g/mol. The lowest BCUT2D eigenvalue weighted by Crippen LogP contribution is -2.38. The van der Waals surface area contributed by atoms with Gasteiger partial charge in [-0.3, -0.25) is 9.78 Å². The summed E-state index contributed by atoms with van der Waals surface area (Å²) in [4.78, 5) is 24.9. The van der Waals surface area contributed by atoms with E-state index in [0.29, 0.717) is 13.1 Å². The number of thiophene rings is 1. The molecule has 0 bridgehead atoms. The highest BCUT2D eigenvalue weighted by Gasteiger charge is 2.26. The van der Waals surface area contributed by atoms with Crippen LogP contribution < -0.4 is 5.32 Å². The standard InChI is InChI=1S/C24H23BrN6OS/c25-20-15-28-31-22(27-14-17-4-1-9-26-13-17)12-21(29-24(20)31)18-5-2-10-30(16-18)23(32)8-7-19-6-3-11-33-19/h1,3-4,6-9,11-13,15,18,27H,2,5,10,14,16H2. The van der Waals surface area contributed by atoms with E-state index in [1.54, 1.807) is 34.3 Å². The van der Waals surface area contributed by atoms with E-state index in [0.717, 1.165) is 51.5 Å². The molecule has 1 aliphatic heterocycles. The first kappa shape index (κ1) is 21.8. The van der Waals surface area contributed by atoms with Gasteiger partial charge < -0.3 is 10.2 Å². The number of carbonyl (C=O) groups is 1. The molecule has 1 amide bonds. The molecule has 0 spiro atoms. The number of nitrogens with zero attached hydrogens (tertiary/aromatic N) is 5. The lowest BCUT2D eigenvalue weighted by Gasteiger charge is -2.32. The molecule has 168 valence electrons. The predicted octanol–water partition coefficient (Wildman–Crippen LogP) is 4.98. The van der Waals surface area contributed by atoms with Crippen LogP contribution in [-0.2, 0) is 11.3 Å². The highest BCUT2D eigenvalue weighted by Crippen LogP contribution is 2.30. The number of fused-ring (bicyclic) bond motifs is 1. The second-order valence-corrected chi connectivity index (χ2v) is 9.81. The van der Waals surface area contributed by atoms with E-state index >= 15 is 0 Å². The predicted molar refractivity (Wildman–Crippen MR) is 134 cm³/mol. The van der Waals surface area contributed by atoms with Gasteiger partial charge in [-0.05, 0) is 57.9 Å². The normalized spacial score (nSPS) is 16.5. The van der Waals surface area contributed by atoms with Crippen molar-refractivity contribution in [2.45, 2.75) is 25.3 Å². The summed E-state index contributed by atoms with van der Waals surface area (Å²) in [5.41, 5.74) is 2.82. The molecule has 7 nitrogen and oxygen atoms in total. The molecule has 1 atom stereocenters. The van der Waals surface area contributed by atoms with Gasteiger partial charge in [-0.15, -0.1) is 11.3 Å². The monoisotopic (exact) mass is 522 g/mol. The highest BCUT2D eigenvalue weighted by atomic mass is 79.9. The van der Waals surface area contributed by atoms with Crippen LogP contribution in [0.15, 0.2) is 64.9 Å². The van der Waals surface area contributed by atoms with Gasteiger partial charge in [0.1, 0.15) is 5.82 Å². The van der Waals surface area contributed by atoms with Gasteiger partial charge in [0, 0.05) is 55.0 Å². The molecule has 1 aliphatic rings. The van der Waals surface area contributed by atoms with Gasteiger partial charge in [0.25, 0.3) is 0 Å². The SMILES string of the molecule is O=C(C=Cc1cccs1)N1CCCC(c2cc(NCc3cccnc3)n3ncc(Br)c3n2)C1. The van der Waals surface area contributed by atoms with Gasteiger partial charge in [-0.2, -0.15) is 9.61 Å². The van der Waals surface area contributed by atoms with E-state index in [1.807, 2.05) is 46.8 Å². The highest BCUT2D eigenvalue weighted by molar-refractivity contribution is 9.10. The second kappa shape index (κ2) is 9.84. The van der Waals surface area contributed by atoms with E-state index < -0.39 is 0 Å². The molecule has 5 heterocycles. The molecule has 1 fully saturated rings. The molecule has 4 aromatic heterocycles. The number of rotatable bonds is 6. The Morgan fingerprint density at radius 1 is 1.30 bits per heavy atom. The van der Waals surface area contributed by atoms with E-state index in [-0.39, 0.29) is 11.8 Å². The molecule has 4 aromatic rings. The van der Waals surface area contributed by atoms with Crippen LogP contribution in [0.1, 0.15) is 34.9 Å². The van der Waals surface area contributed by atoms with Gasteiger partial charge >= 0.3 is 0 Å². The molecular weight excluding hydrogens is 500 g/mol. The maximum atomic E-state index is 12.8. The topological polar surface area (TPSA) is 75.4 Å². The smallest absolute Gasteiger partial charge is 0.246 e. The van der Waals surface area contributed by atoms with Crippen LogP contribution in [0.4, 0.5) is 5.82 Å². The van der Waals surface area contributed by atoms with E-state index in [9.17, 15) is 4.79 Å². The van der Waals surface area contributed by atoms with Crippen LogP contribution in [0, 0.1) is 0 Å². The van der Waals surface area contributed by atoms with Gasteiger partial charge in [0.15, 0.2) is 5.65 Å².